The van der Waals surface area contributed by atoms with Crippen LogP contribution in [-0.2, 0) is 0 Å². The SMILES string of the molecule is c1ccc(-n2c(-c3ccc(-n4c5ccccc5c5ccc6cc7c(cc6c54)c4ccccc4n7-c4ccccc4)cc3)nc3ccccc32)cc1. The minimum atomic E-state index is 0.929. The number of nitrogens with zero attached hydrogens (tertiary/aromatic N) is 4. The smallest absolute Gasteiger partial charge is 0.145 e. The van der Waals surface area contributed by atoms with E-state index in [1.54, 1.807) is 0 Å². The molecule has 4 nitrogen and oxygen atoms in total. The molecule has 11 rings (SSSR count). The molecule has 0 fully saturated rings. The molecule has 238 valence electrons. The predicted octanol–water partition coefficient (Wildman–Crippen LogP) is 12.0. The Morgan fingerprint density at radius 3 is 1.63 bits per heavy atom. The van der Waals surface area contributed by atoms with Gasteiger partial charge in [-0.25, -0.2) is 4.98 Å². The normalized spacial score (nSPS) is 11.9. The molecule has 3 aromatic heterocycles. The van der Waals surface area contributed by atoms with Gasteiger partial charge in [0.15, 0.2) is 0 Å². The third-order valence-electron chi connectivity index (χ3n) is 10.4. The summed E-state index contributed by atoms with van der Waals surface area (Å²) in [5.74, 6) is 0.929. The zero-order valence-electron chi connectivity index (χ0n) is 27.6. The van der Waals surface area contributed by atoms with Gasteiger partial charge < -0.3 is 9.13 Å². The summed E-state index contributed by atoms with van der Waals surface area (Å²) < 4.78 is 7.10. The van der Waals surface area contributed by atoms with E-state index in [0.717, 1.165) is 33.8 Å². The molecule has 0 amide bonds. The van der Waals surface area contributed by atoms with Gasteiger partial charge in [0.2, 0.25) is 0 Å². The summed E-state index contributed by atoms with van der Waals surface area (Å²) in [5.41, 5.74) is 11.4. The zero-order chi connectivity index (χ0) is 33.5. The highest BCUT2D eigenvalue weighted by atomic mass is 15.1. The molecule has 0 aliphatic carbocycles. The summed E-state index contributed by atoms with van der Waals surface area (Å²) in [5, 5.41) is 7.45. The molecule has 0 saturated carbocycles. The van der Waals surface area contributed by atoms with Crippen LogP contribution in [0.15, 0.2) is 182 Å². The van der Waals surface area contributed by atoms with Crippen LogP contribution in [0.4, 0.5) is 0 Å². The number of imidazole rings is 1. The highest BCUT2D eigenvalue weighted by Crippen LogP contribution is 2.41. The van der Waals surface area contributed by atoms with Crippen molar-refractivity contribution in [1.82, 2.24) is 18.7 Å². The molecule has 51 heavy (non-hydrogen) atoms. The van der Waals surface area contributed by atoms with Gasteiger partial charge in [-0.05, 0) is 90.3 Å². The molecule has 0 atom stereocenters. The van der Waals surface area contributed by atoms with E-state index in [-0.39, 0.29) is 0 Å². The lowest BCUT2D eigenvalue weighted by atomic mass is 10.0. The molecule has 0 radical (unpaired) electrons. The first-order chi connectivity index (χ1) is 25.3. The van der Waals surface area contributed by atoms with E-state index in [1.165, 1.54) is 60.1 Å². The molecule has 0 N–H and O–H groups in total. The van der Waals surface area contributed by atoms with Crippen LogP contribution in [0, 0.1) is 0 Å². The van der Waals surface area contributed by atoms with E-state index in [0.29, 0.717) is 0 Å². The number of fused-ring (bicyclic) bond motifs is 9. The van der Waals surface area contributed by atoms with Crippen LogP contribution in [0.3, 0.4) is 0 Å². The van der Waals surface area contributed by atoms with E-state index < -0.39 is 0 Å². The lowest BCUT2D eigenvalue weighted by Crippen LogP contribution is -1.98. The average Bonchev–Trinajstić information content (AvgIpc) is 3.86. The molecule has 0 aliphatic heterocycles. The minimum absolute atomic E-state index is 0.929. The first-order valence-electron chi connectivity index (χ1n) is 17.4. The Balaban J connectivity index is 1.16. The molecule has 0 unspecified atom stereocenters. The average molecular weight is 651 g/mol. The van der Waals surface area contributed by atoms with Gasteiger partial charge in [-0.15, -0.1) is 0 Å². The largest absolute Gasteiger partial charge is 0.309 e. The van der Waals surface area contributed by atoms with Crippen molar-refractivity contribution >= 4 is 65.4 Å². The Labute approximate surface area is 293 Å². The van der Waals surface area contributed by atoms with Gasteiger partial charge in [0.1, 0.15) is 5.82 Å². The van der Waals surface area contributed by atoms with Crippen LogP contribution in [0.5, 0.6) is 0 Å². The quantitative estimate of drug-likeness (QED) is 0.186. The summed E-state index contributed by atoms with van der Waals surface area (Å²) in [6.45, 7) is 0. The van der Waals surface area contributed by atoms with Crippen molar-refractivity contribution in [2.45, 2.75) is 0 Å². The van der Waals surface area contributed by atoms with Crippen molar-refractivity contribution < 1.29 is 0 Å². The van der Waals surface area contributed by atoms with Crippen LogP contribution < -0.4 is 0 Å². The number of hydrogen-bond acceptors (Lipinski definition) is 1. The summed E-state index contributed by atoms with van der Waals surface area (Å²) in [7, 11) is 0. The molecule has 3 heterocycles. The highest BCUT2D eigenvalue weighted by Gasteiger charge is 2.19. The lowest BCUT2D eigenvalue weighted by Gasteiger charge is -2.13. The first-order valence-corrected chi connectivity index (χ1v) is 17.4. The predicted molar refractivity (Wildman–Crippen MR) is 213 cm³/mol. The molecule has 0 saturated heterocycles. The van der Waals surface area contributed by atoms with Crippen molar-refractivity contribution in [1.29, 1.82) is 0 Å². The first kappa shape index (κ1) is 28.0. The molecule has 11 aromatic rings. The monoisotopic (exact) mass is 650 g/mol. The second-order valence-electron chi connectivity index (χ2n) is 13.2. The molecule has 0 aliphatic rings. The van der Waals surface area contributed by atoms with Crippen molar-refractivity contribution in [2.24, 2.45) is 0 Å². The number of para-hydroxylation sites is 6. The number of benzene rings is 8. The van der Waals surface area contributed by atoms with Gasteiger partial charge in [-0.2, -0.15) is 0 Å². The summed E-state index contributed by atoms with van der Waals surface area (Å²) in [4.78, 5) is 5.12. The maximum atomic E-state index is 5.12. The Kier molecular flexibility index (Phi) is 5.92. The fourth-order valence-electron chi connectivity index (χ4n) is 8.19. The van der Waals surface area contributed by atoms with E-state index in [9.17, 15) is 0 Å². The lowest BCUT2D eigenvalue weighted by molar-refractivity contribution is 1.10. The Morgan fingerprint density at radius 2 is 0.902 bits per heavy atom. The van der Waals surface area contributed by atoms with Crippen LogP contribution in [-0.4, -0.2) is 18.7 Å². The fourth-order valence-corrected chi connectivity index (χ4v) is 8.19. The van der Waals surface area contributed by atoms with Crippen molar-refractivity contribution in [3.63, 3.8) is 0 Å². The van der Waals surface area contributed by atoms with Gasteiger partial charge in [0, 0.05) is 49.6 Å². The Morgan fingerprint density at radius 1 is 0.333 bits per heavy atom. The highest BCUT2D eigenvalue weighted by molar-refractivity contribution is 6.22. The topological polar surface area (TPSA) is 27.7 Å². The van der Waals surface area contributed by atoms with Gasteiger partial charge in [0.25, 0.3) is 0 Å². The van der Waals surface area contributed by atoms with Gasteiger partial charge in [0.05, 0.1) is 33.1 Å². The minimum Gasteiger partial charge on any atom is -0.309 e. The summed E-state index contributed by atoms with van der Waals surface area (Å²) >= 11 is 0. The van der Waals surface area contributed by atoms with Crippen LogP contribution in [0.1, 0.15) is 0 Å². The van der Waals surface area contributed by atoms with E-state index in [4.69, 9.17) is 4.98 Å². The maximum Gasteiger partial charge on any atom is 0.145 e. The van der Waals surface area contributed by atoms with E-state index in [2.05, 4.69) is 196 Å². The van der Waals surface area contributed by atoms with Crippen LogP contribution in [0.25, 0.3) is 93.9 Å². The molecule has 0 bridgehead atoms. The van der Waals surface area contributed by atoms with Crippen LogP contribution in [0.2, 0.25) is 0 Å². The van der Waals surface area contributed by atoms with Crippen molar-refractivity contribution in [3.05, 3.63) is 182 Å². The van der Waals surface area contributed by atoms with Crippen LogP contribution >= 0.6 is 0 Å². The van der Waals surface area contributed by atoms with E-state index >= 15 is 0 Å². The summed E-state index contributed by atoms with van der Waals surface area (Å²) in [6.07, 6.45) is 0. The number of rotatable bonds is 4. The Bertz CT molecular complexity index is 3110. The van der Waals surface area contributed by atoms with Gasteiger partial charge in [-0.1, -0.05) is 97.1 Å². The molecule has 8 aromatic carbocycles. The molecule has 4 heteroatoms. The fraction of sp³-hybridized carbons (Fsp3) is 0. The van der Waals surface area contributed by atoms with Crippen molar-refractivity contribution in [2.75, 3.05) is 0 Å². The molecule has 0 spiro atoms. The van der Waals surface area contributed by atoms with Gasteiger partial charge in [-0.3, -0.25) is 4.57 Å². The van der Waals surface area contributed by atoms with E-state index in [1.807, 2.05) is 0 Å². The summed E-state index contributed by atoms with van der Waals surface area (Å²) in [6, 6.07) is 65.4. The molecular weight excluding hydrogens is 621 g/mol. The zero-order valence-corrected chi connectivity index (χ0v) is 27.6. The maximum absolute atomic E-state index is 5.12. The number of aromatic nitrogens is 4. The second-order valence-corrected chi connectivity index (χ2v) is 13.2. The second kappa shape index (κ2) is 10.8. The van der Waals surface area contributed by atoms with Gasteiger partial charge >= 0.3 is 0 Å². The van der Waals surface area contributed by atoms with Crippen molar-refractivity contribution in [3.8, 4) is 28.5 Å². The Hall–Kier alpha value is -6.91. The third-order valence-corrected chi connectivity index (χ3v) is 10.4. The number of hydrogen-bond donors (Lipinski definition) is 0. The standard InChI is InChI=1S/C47H30N4/c1-3-13-33(14-4-1)49-42-20-10-8-18-37(42)40-30-39-32(29-45(40)49)25-28-38-36-17-7-11-21-43(36)50(46(38)39)35-26-23-31(24-27-35)47-48-41-19-9-12-22-44(41)51(47)34-15-5-2-6-16-34/h1-30H. The molecular formula is C47H30N4. The third kappa shape index (κ3) is 4.11.